The first kappa shape index (κ1) is 33.7. The second-order valence-corrected chi connectivity index (χ2v) is 10.7. The first-order valence-electron chi connectivity index (χ1n) is 14.9. The van der Waals surface area contributed by atoms with Crippen LogP contribution in [0.3, 0.4) is 0 Å². The fourth-order valence-electron chi connectivity index (χ4n) is 4.41. The Morgan fingerprint density at radius 3 is 1.46 bits per heavy atom. The first-order chi connectivity index (χ1) is 17.0. The smallest absolute Gasteiger partial charge is 0.306 e. The molecule has 1 rings (SSSR count). The minimum atomic E-state index is -0.644. The van der Waals surface area contributed by atoms with Crippen LogP contribution in [0.2, 0.25) is 0 Å². The average molecular weight is 491 g/mol. The molecule has 0 saturated heterocycles. The second-order valence-electron chi connectivity index (χ2n) is 10.7. The van der Waals surface area contributed by atoms with Gasteiger partial charge in [0, 0.05) is 6.61 Å². The van der Waals surface area contributed by atoms with E-state index in [2.05, 4.69) is 20.8 Å². The maximum atomic E-state index is 11.5. The number of hydrogen-bond donors (Lipinski definition) is 2. The van der Waals surface area contributed by atoms with E-state index in [9.17, 15) is 9.90 Å². The van der Waals surface area contributed by atoms with Crippen molar-refractivity contribution < 1.29 is 15.0 Å². The van der Waals surface area contributed by atoms with Gasteiger partial charge in [-0.1, -0.05) is 154 Å². The van der Waals surface area contributed by atoms with E-state index >= 15 is 0 Å². The highest BCUT2D eigenvalue weighted by Gasteiger charge is 2.17. The molecule has 0 aliphatic heterocycles. The van der Waals surface area contributed by atoms with E-state index in [4.69, 9.17) is 5.11 Å². The molecule has 0 bridgehead atoms. The number of carbonyl (C=O) groups is 1. The fourth-order valence-corrected chi connectivity index (χ4v) is 4.41. The molecule has 1 unspecified atom stereocenters. The van der Waals surface area contributed by atoms with Crippen LogP contribution in [-0.4, -0.2) is 22.8 Å². The van der Waals surface area contributed by atoms with Crippen LogP contribution in [-0.2, 0) is 11.2 Å². The van der Waals surface area contributed by atoms with Crippen molar-refractivity contribution in [3.63, 3.8) is 0 Å². The van der Waals surface area contributed by atoms with E-state index in [1.807, 2.05) is 30.3 Å². The fraction of sp³-hybridized carbons (Fsp3) is 0.781. The van der Waals surface area contributed by atoms with Gasteiger partial charge in [-0.2, -0.15) is 0 Å². The summed E-state index contributed by atoms with van der Waals surface area (Å²) in [6.45, 7) is 6.80. The number of aliphatic carboxylic acids is 1. The Morgan fingerprint density at radius 2 is 1.11 bits per heavy atom. The van der Waals surface area contributed by atoms with Gasteiger partial charge in [0.1, 0.15) is 0 Å². The molecule has 0 aromatic heterocycles. The molecule has 3 nitrogen and oxygen atoms in total. The molecule has 0 aliphatic carbocycles. The van der Waals surface area contributed by atoms with Crippen LogP contribution in [0.1, 0.15) is 142 Å². The summed E-state index contributed by atoms with van der Waals surface area (Å²) in [6, 6.07) is 10.0. The van der Waals surface area contributed by atoms with Gasteiger partial charge in [-0.25, -0.2) is 0 Å². The zero-order chi connectivity index (χ0) is 26.0. The van der Waals surface area contributed by atoms with E-state index in [1.165, 1.54) is 96.3 Å². The number of benzene rings is 1. The summed E-state index contributed by atoms with van der Waals surface area (Å²) in [6.07, 6.45) is 24.1. The summed E-state index contributed by atoms with van der Waals surface area (Å²) < 4.78 is 0. The molecule has 3 heteroatoms. The van der Waals surface area contributed by atoms with E-state index in [-0.39, 0.29) is 5.92 Å². The third kappa shape index (κ3) is 24.1. The van der Waals surface area contributed by atoms with E-state index in [0.717, 1.165) is 24.8 Å². The van der Waals surface area contributed by atoms with Crippen LogP contribution in [0.25, 0.3) is 0 Å². The molecule has 1 aromatic rings. The van der Waals surface area contributed by atoms with Crippen molar-refractivity contribution in [3.8, 4) is 0 Å². The van der Waals surface area contributed by atoms with Gasteiger partial charge in [-0.05, 0) is 30.7 Å². The lowest BCUT2D eigenvalue weighted by Crippen LogP contribution is -2.16. The number of hydrogen-bond acceptors (Lipinski definition) is 2. The molecular formula is C32H58O3. The van der Waals surface area contributed by atoms with Crippen molar-refractivity contribution in [2.75, 3.05) is 6.61 Å². The van der Waals surface area contributed by atoms with Crippen molar-refractivity contribution in [1.29, 1.82) is 0 Å². The molecule has 204 valence electrons. The van der Waals surface area contributed by atoms with Crippen LogP contribution in [0.15, 0.2) is 30.3 Å². The van der Waals surface area contributed by atoms with Gasteiger partial charge in [0.25, 0.3) is 0 Å². The highest BCUT2D eigenvalue weighted by Crippen LogP contribution is 2.18. The largest absolute Gasteiger partial charge is 0.481 e. The molecule has 0 spiro atoms. The summed E-state index contributed by atoms with van der Waals surface area (Å²) in [5.74, 6) is -0.228. The minimum absolute atomic E-state index is 0.232. The number of unbranched alkanes of at least 4 members (excludes halogenated alkanes) is 15. The van der Waals surface area contributed by atoms with Crippen molar-refractivity contribution in [2.24, 2.45) is 11.8 Å². The summed E-state index contributed by atoms with van der Waals surface area (Å²) in [5.41, 5.74) is 1.14. The normalized spacial score (nSPS) is 11.8. The summed E-state index contributed by atoms with van der Waals surface area (Å²) >= 11 is 0. The Morgan fingerprint density at radius 1 is 0.686 bits per heavy atom. The lowest BCUT2D eigenvalue weighted by Gasteiger charge is -2.12. The van der Waals surface area contributed by atoms with Crippen molar-refractivity contribution in [3.05, 3.63) is 35.9 Å². The summed E-state index contributed by atoms with van der Waals surface area (Å²) in [4.78, 5) is 11.5. The van der Waals surface area contributed by atoms with E-state index in [1.54, 1.807) is 0 Å². The van der Waals surface area contributed by atoms with Crippen LogP contribution >= 0.6 is 0 Å². The monoisotopic (exact) mass is 490 g/mol. The number of aliphatic hydroxyl groups excluding tert-OH is 1. The first-order valence-corrected chi connectivity index (χ1v) is 14.9. The molecule has 0 amide bonds. The van der Waals surface area contributed by atoms with Crippen molar-refractivity contribution in [1.82, 2.24) is 0 Å². The van der Waals surface area contributed by atoms with Crippen LogP contribution in [0.5, 0.6) is 0 Å². The molecule has 0 aliphatic rings. The highest BCUT2D eigenvalue weighted by atomic mass is 16.4. The predicted molar refractivity (Wildman–Crippen MR) is 152 cm³/mol. The molecule has 35 heavy (non-hydrogen) atoms. The number of carboxylic acid groups (broad SMARTS) is 1. The van der Waals surface area contributed by atoms with Gasteiger partial charge in [-0.15, -0.1) is 0 Å². The molecule has 0 heterocycles. The molecule has 0 fully saturated rings. The highest BCUT2D eigenvalue weighted by molar-refractivity contribution is 5.70. The third-order valence-electron chi connectivity index (χ3n) is 6.79. The van der Waals surface area contributed by atoms with Gasteiger partial charge in [0.05, 0.1) is 5.92 Å². The third-order valence-corrected chi connectivity index (χ3v) is 6.79. The van der Waals surface area contributed by atoms with Gasteiger partial charge in [0.2, 0.25) is 0 Å². The zero-order valence-electron chi connectivity index (χ0n) is 23.5. The molecule has 1 aromatic carbocycles. The van der Waals surface area contributed by atoms with Gasteiger partial charge in [-0.3, -0.25) is 4.79 Å². The number of aliphatic hydroxyl groups is 1. The van der Waals surface area contributed by atoms with Crippen molar-refractivity contribution >= 4 is 5.97 Å². The quantitative estimate of drug-likeness (QED) is 0.159. The molecule has 0 saturated carbocycles. The second kappa shape index (κ2) is 25.7. The zero-order valence-corrected chi connectivity index (χ0v) is 23.5. The Labute approximate surface area is 218 Å². The predicted octanol–water partition coefficient (Wildman–Crippen LogP) is 9.61. The number of rotatable bonds is 22. The summed E-state index contributed by atoms with van der Waals surface area (Å²) in [5, 5.41) is 17.7. The molecule has 2 N–H and O–H groups in total. The Hall–Kier alpha value is -1.35. The van der Waals surface area contributed by atoms with E-state index < -0.39 is 5.97 Å². The van der Waals surface area contributed by atoms with Gasteiger partial charge < -0.3 is 10.2 Å². The van der Waals surface area contributed by atoms with Crippen LogP contribution in [0, 0.1) is 11.8 Å². The molecular weight excluding hydrogens is 432 g/mol. The Bertz CT molecular complexity index is 555. The van der Waals surface area contributed by atoms with E-state index in [0.29, 0.717) is 18.9 Å². The Kier molecular flexibility index (Phi) is 24.7. The SMILES string of the molecule is CC(C)CCO.CCCCCCCCCCCCCCCCCCC(Cc1ccccc1)C(=O)O. The maximum Gasteiger partial charge on any atom is 0.306 e. The molecule has 0 radical (unpaired) electrons. The average Bonchev–Trinajstić information content (AvgIpc) is 2.84. The topological polar surface area (TPSA) is 57.5 Å². The van der Waals surface area contributed by atoms with Crippen LogP contribution in [0.4, 0.5) is 0 Å². The Balaban J connectivity index is 0.00000170. The minimum Gasteiger partial charge on any atom is -0.481 e. The van der Waals surface area contributed by atoms with Crippen molar-refractivity contribution in [2.45, 2.75) is 143 Å². The standard InChI is InChI=1S/C27H46O2.C5H12O/c1-2-3-4-5-6-7-8-9-10-11-12-13-14-15-16-20-23-26(27(28)29)24-25-21-18-17-19-22-25;1-5(2)3-4-6/h17-19,21-22,26H,2-16,20,23-24H2,1H3,(H,28,29);5-6H,3-4H2,1-2H3. The van der Waals surface area contributed by atoms with Gasteiger partial charge in [0.15, 0.2) is 0 Å². The molecule has 1 atom stereocenters. The lowest BCUT2D eigenvalue weighted by atomic mass is 9.93. The maximum absolute atomic E-state index is 11.5. The summed E-state index contributed by atoms with van der Waals surface area (Å²) in [7, 11) is 0. The van der Waals surface area contributed by atoms with Gasteiger partial charge >= 0.3 is 5.97 Å². The number of carboxylic acids is 1. The lowest BCUT2D eigenvalue weighted by molar-refractivity contribution is -0.142. The van der Waals surface area contributed by atoms with Crippen LogP contribution < -0.4 is 0 Å².